The predicted octanol–water partition coefficient (Wildman–Crippen LogP) is 9.33. The third-order valence-corrected chi connectivity index (χ3v) is 10.3. The van der Waals surface area contributed by atoms with Gasteiger partial charge in [-0.1, -0.05) is 141 Å². The Kier molecular flexibility index (Phi) is 34.0. The second-order valence-corrected chi connectivity index (χ2v) is 15.5. The third-order valence-electron chi connectivity index (χ3n) is 10.3. The molecule has 10 heteroatoms. The predicted molar refractivity (Wildman–Crippen MR) is 219 cm³/mol. The monoisotopic (exact) mass is 783 g/mol. The Hall–Kier alpha value is -1.82. The van der Waals surface area contributed by atoms with Gasteiger partial charge in [0.25, 0.3) is 0 Å². The molecule has 0 spiro atoms. The van der Waals surface area contributed by atoms with E-state index in [2.05, 4.69) is 38.2 Å². The lowest BCUT2D eigenvalue weighted by atomic mass is 9.99. The van der Waals surface area contributed by atoms with Crippen LogP contribution in [-0.4, -0.2) is 89.0 Å². The number of hydrogen-bond acceptors (Lipinski definition) is 10. The number of hydrogen-bond donors (Lipinski definition) is 4. The van der Waals surface area contributed by atoms with E-state index >= 15 is 0 Å². The third kappa shape index (κ3) is 28.3. The molecule has 0 aromatic heterocycles. The zero-order valence-electron chi connectivity index (χ0n) is 34.9. The largest absolute Gasteiger partial charge is 0.462 e. The molecule has 4 N–H and O–H groups in total. The highest BCUT2D eigenvalue weighted by Crippen LogP contribution is 2.22. The van der Waals surface area contributed by atoms with E-state index in [4.69, 9.17) is 18.9 Å². The molecule has 55 heavy (non-hydrogen) atoms. The molecule has 6 unspecified atom stereocenters. The molecule has 1 fully saturated rings. The maximum Gasteiger partial charge on any atom is 0.306 e. The van der Waals surface area contributed by atoms with Crippen molar-refractivity contribution in [2.75, 3.05) is 19.8 Å². The van der Waals surface area contributed by atoms with Gasteiger partial charge in [0.2, 0.25) is 0 Å². The molecule has 1 aliphatic heterocycles. The fourth-order valence-corrected chi connectivity index (χ4v) is 6.71. The molecule has 1 saturated heterocycles. The molecule has 0 bridgehead atoms. The molecule has 0 aromatic carbocycles. The average Bonchev–Trinajstić information content (AvgIpc) is 3.18. The summed E-state index contributed by atoms with van der Waals surface area (Å²) in [4.78, 5) is 25.3. The van der Waals surface area contributed by atoms with E-state index in [1.165, 1.54) is 89.9 Å². The smallest absolute Gasteiger partial charge is 0.306 e. The first-order valence-corrected chi connectivity index (χ1v) is 22.4. The van der Waals surface area contributed by atoms with Crippen LogP contribution in [-0.2, 0) is 28.5 Å². The summed E-state index contributed by atoms with van der Waals surface area (Å²) in [6, 6.07) is 0. The van der Waals surface area contributed by atoms with E-state index in [9.17, 15) is 30.0 Å². The van der Waals surface area contributed by atoms with Gasteiger partial charge in [-0.25, -0.2) is 0 Å². The summed E-state index contributed by atoms with van der Waals surface area (Å²) in [5.74, 6) is -0.819. The molecule has 10 nitrogen and oxygen atoms in total. The van der Waals surface area contributed by atoms with Gasteiger partial charge in [0.15, 0.2) is 12.4 Å². The highest BCUT2D eigenvalue weighted by molar-refractivity contribution is 5.70. The van der Waals surface area contributed by atoms with Gasteiger partial charge < -0.3 is 39.4 Å². The van der Waals surface area contributed by atoms with E-state index in [-0.39, 0.29) is 32.0 Å². The Morgan fingerprint density at radius 1 is 0.545 bits per heavy atom. The van der Waals surface area contributed by atoms with E-state index in [1.54, 1.807) is 0 Å². The molecule has 0 amide bonds. The number of ether oxygens (including phenoxy) is 4. The summed E-state index contributed by atoms with van der Waals surface area (Å²) < 4.78 is 22.1. The second-order valence-electron chi connectivity index (χ2n) is 15.5. The lowest BCUT2D eigenvalue weighted by molar-refractivity contribution is -0.305. The SMILES string of the molecule is CCCCC/C=C\CCCCCCCC(=O)OCC(COC1OC(CO)C(O)C(O)C1O)OC(=O)CCCCCCCCC/C=C\CCCCCCCCC. The average molecular weight is 783 g/mol. The normalized spacial score (nSPS) is 20.7. The van der Waals surface area contributed by atoms with Crippen molar-refractivity contribution >= 4 is 11.9 Å². The number of aliphatic hydroxyl groups excluding tert-OH is 4. The van der Waals surface area contributed by atoms with Crippen LogP contribution in [0.5, 0.6) is 0 Å². The summed E-state index contributed by atoms with van der Waals surface area (Å²) >= 11 is 0. The number of rotatable bonds is 37. The van der Waals surface area contributed by atoms with Crippen LogP contribution in [0.4, 0.5) is 0 Å². The summed E-state index contributed by atoms with van der Waals surface area (Å²) in [5.41, 5.74) is 0. The van der Waals surface area contributed by atoms with Crippen molar-refractivity contribution in [3.05, 3.63) is 24.3 Å². The van der Waals surface area contributed by atoms with Gasteiger partial charge in [-0.15, -0.1) is 0 Å². The first-order chi connectivity index (χ1) is 26.8. The Morgan fingerprint density at radius 3 is 1.45 bits per heavy atom. The van der Waals surface area contributed by atoms with Gasteiger partial charge >= 0.3 is 11.9 Å². The van der Waals surface area contributed by atoms with Gasteiger partial charge in [-0.05, 0) is 64.2 Å². The van der Waals surface area contributed by atoms with Crippen LogP contribution < -0.4 is 0 Å². The summed E-state index contributed by atoms with van der Waals surface area (Å²) in [7, 11) is 0. The lowest BCUT2D eigenvalue weighted by Crippen LogP contribution is -2.59. The molecule has 1 rings (SSSR count). The van der Waals surface area contributed by atoms with E-state index in [0.29, 0.717) is 12.8 Å². The zero-order chi connectivity index (χ0) is 40.2. The van der Waals surface area contributed by atoms with Crippen molar-refractivity contribution in [2.45, 2.75) is 230 Å². The van der Waals surface area contributed by atoms with E-state index < -0.39 is 49.4 Å². The lowest BCUT2D eigenvalue weighted by Gasteiger charge is -2.39. The number of unbranched alkanes of at least 4 members (excludes halogenated alkanes) is 22. The number of carbonyl (C=O) groups excluding carboxylic acids is 2. The number of carbonyl (C=O) groups is 2. The van der Waals surface area contributed by atoms with Crippen molar-refractivity contribution in [1.82, 2.24) is 0 Å². The number of allylic oxidation sites excluding steroid dienone is 4. The molecule has 0 radical (unpaired) electrons. The Labute approximate surface area is 334 Å². The van der Waals surface area contributed by atoms with Crippen molar-refractivity contribution < 1.29 is 49.0 Å². The maximum atomic E-state index is 12.8. The minimum atomic E-state index is -1.59. The summed E-state index contributed by atoms with van der Waals surface area (Å²) in [6.45, 7) is 3.39. The molecular weight excluding hydrogens is 700 g/mol. The van der Waals surface area contributed by atoms with Crippen molar-refractivity contribution in [3.63, 3.8) is 0 Å². The number of esters is 2. The van der Waals surface area contributed by atoms with Crippen LogP contribution in [0.1, 0.15) is 194 Å². The van der Waals surface area contributed by atoms with Crippen molar-refractivity contribution in [2.24, 2.45) is 0 Å². The van der Waals surface area contributed by atoms with Crippen LogP contribution in [0.3, 0.4) is 0 Å². The molecule has 0 aromatic rings. The Morgan fingerprint density at radius 2 is 0.964 bits per heavy atom. The fourth-order valence-electron chi connectivity index (χ4n) is 6.71. The highest BCUT2D eigenvalue weighted by Gasteiger charge is 2.44. The standard InChI is InChI=1S/C45H82O10/c1-3-5-7-9-11-13-15-17-18-19-20-21-22-24-26-28-30-32-34-41(48)54-38(37-53-45-44(51)43(50)42(49)39(35-46)55-45)36-52-40(47)33-31-29-27-25-23-16-14-12-10-8-6-4-2/h12,14,18-19,38-39,42-46,49-51H,3-11,13,15-17,20-37H2,1-2H3/b14-12-,19-18-. The van der Waals surface area contributed by atoms with Gasteiger partial charge in [0.05, 0.1) is 13.2 Å². The van der Waals surface area contributed by atoms with E-state index in [0.717, 1.165) is 64.2 Å². The van der Waals surface area contributed by atoms with Gasteiger partial charge in [-0.2, -0.15) is 0 Å². The van der Waals surface area contributed by atoms with Crippen molar-refractivity contribution in [1.29, 1.82) is 0 Å². The van der Waals surface area contributed by atoms with Crippen LogP contribution in [0.2, 0.25) is 0 Å². The van der Waals surface area contributed by atoms with E-state index in [1.807, 2.05) is 0 Å². The Bertz CT molecular complexity index is 954. The molecule has 322 valence electrons. The molecule has 0 saturated carbocycles. The minimum Gasteiger partial charge on any atom is -0.462 e. The van der Waals surface area contributed by atoms with Crippen LogP contribution in [0, 0.1) is 0 Å². The first-order valence-electron chi connectivity index (χ1n) is 22.4. The van der Waals surface area contributed by atoms with Crippen molar-refractivity contribution in [3.8, 4) is 0 Å². The van der Waals surface area contributed by atoms with Crippen LogP contribution >= 0.6 is 0 Å². The molecular formula is C45H82O10. The minimum absolute atomic E-state index is 0.221. The highest BCUT2D eigenvalue weighted by atomic mass is 16.7. The zero-order valence-corrected chi connectivity index (χ0v) is 34.9. The molecule has 1 heterocycles. The summed E-state index contributed by atoms with van der Waals surface area (Å²) in [5, 5.41) is 40.0. The van der Waals surface area contributed by atoms with Gasteiger partial charge in [0.1, 0.15) is 31.0 Å². The quantitative estimate of drug-likeness (QED) is 0.0273. The Balaban J connectivity index is 2.32. The number of aliphatic hydroxyl groups is 4. The molecule has 6 atom stereocenters. The molecule has 0 aliphatic carbocycles. The van der Waals surface area contributed by atoms with Gasteiger partial charge in [0, 0.05) is 12.8 Å². The van der Waals surface area contributed by atoms with Crippen LogP contribution in [0.25, 0.3) is 0 Å². The maximum absolute atomic E-state index is 12.8. The van der Waals surface area contributed by atoms with Gasteiger partial charge in [-0.3, -0.25) is 9.59 Å². The second kappa shape index (κ2) is 36.5. The first kappa shape index (κ1) is 51.2. The topological polar surface area (TPSA) is 152 Å². The van der Waals surface area contributed by atoms with Crippen LogP contribution in [0.15, 0.2) is 24.3 Å². The molecule has 1 aliphatic rings. The fraction of sp³-hybridized carbons (Fsp3) is 0.867. The summed E-state index contributed by atoms with van der Waals surface area (Å²) in [6.07, 6.45) is 31.8.